The second kappa shape index (κ2) is 4.26. The van der Waals surface area contributed by atoms with Gasteiger partial charge < -0.3 is 5.11 Å². The van der Waals surface area contributed by atoms with Gasteiger partial charge >= 0.3 is 6.18 Å². The molecule has 0 aromatic rings. The van der Waals surface area contributed by atoms with Gasteiger partial charge in [-0.2, -0.15) is 18.7 Å². The number of nitrogens with one attached hydrogen (secondary N) is 1. The summed E-state index contributed by atoms with van der Waals surface area (Å²) in [5.74, 6) is 0. The van der Waals surface area contributed by atoms with Gasteiger partial charge in [0.1, 0.15) is 0 Å². The molecule has 1 aliphatic rings. The molecule has 1 fully saturated rings. The van der Waals surface area contributed by atoms with Crippen LogP contribution in [0, 0.1) is 0 Å². The molecule has 0 aromatic heterocycles. The highest BCUT2D eigenvalue weighted by Crippen LogP contribution is 2.19. The van der Waals surface area contributed by atoms with Gasteiger partial charge in [-0.3, -0.25) is 4.84 Å². The van der Waals surface area contributed by atoms with E-state index in [1.807, 2.05) is 0 Å². The Hall–Kier alpha value is -0.330. The Morgan fingerprint density at radius 2 is 2.08 bits per heavy atom. The fraction of sp³-hybridized carbons (Fsp3) is 1.00. The highest BCUT2D eigenvalue weighted by molar-refractivity contribution is 4.79. The van der Waals surface area contributed by atoms with E-state index >= 15 is 0 Å². The first-order valence-electron chi connectivity index (χ1n) is 4.11. The first-order valence-corrected chi connectivity index (χ1v) is 4.11. The number of aliphatic hydroxyl groups is 1. The van der Waals surface area contributed by atoms with E-state index < -0.39 is 18.9 Å². The van der Waals surface area contributed by atoms with Crippen molar-refractivity contribution in [2.24, 2.45) is 0 Å². The summed E-state index contributed by atoms with van der Waals surface area (Å²) in [6, 6.07) is -0.359. The van der Waals surface area contributed by atoms with E-state index in [0.717, 1.165) is 6.42 Å². The van der Waals surface area contributed by atoms with Gasteiger partial charge in [0.25, 0.3) is 0 Å². The molecule has 0 heterocycles. The molecule has 2 atom stereocenters. The van der Waals surface area contributed by atoms with E-state index in [1.165, 1.54) is 0 Å². The number of aliphatic hydroxyl groups excluding tert-OH is 1. The zero-order chi connectivity index (χ0) is 9.90. The zero-order valence-electron chi connectivity index (χ0n) is 6.97. The molecule has 2 N–H and O–H groups in total. The van der Waals surface area contributed by atoms with Crippen molar-refractivity contribution in [1.29, 1.82) is 0 Å². The molecule has 1 aliphatic carbocycles. The molecule has 3 nitrogen and oxygen atoms in total. The fourth-order valence-corrected chi connectivity index (χ4v) is 1.31. The van der Waals surface area contributed by atoms with Crippen molar-refractivity contribution in [2.45, 2.75) is 37.6 Å². The lowest BCUT2D eigenvalue weighted by molar-refractivity contribution is -0.195. The molecule has 0 radical (unpaired) electrons. The molecule has 0 aliphatic heterocycles. The molecule has 78 valence electrons. The monoisotopic (exact) mass is 199 g/mol. The topological polar surface area (TPSA) is 41.5 Å². The second-order valence-corrected chi connectivity index (χ2v) is 3.13. The molecular formula is C7H12F3NO2. The maximum Gasteiger partial charge on any atom is 0.413 e. The molecule has 0 spiro atoms. The number of halogens is 3. The van der Waals surface area contributed by atoms with Gasteiger partial charge in [-0.1, -0.05) is 0 Å². The Balaban J connectivity index is 2.12. The van der Waals surface area contributed by atoms with Crippen LogP contribution in [0.4, 0.5) is 13.2 Å². The molecular weight excluding hydrogens is 187 g/mol. The third-order valence-electron chi connectivity index (χ3n) is 1.95. The van der Waals surface area contributed by atoms with Crippen molar-refractivity contribution in [2.75, 3.05) is 6.61 Å². The van der Waals surface area contributed by atoms with Crippen LogP contribution in [-0.4, -0.2) is 30.0 Å². The molecule has 0 amide bonds. The average molecular weight is 199 g/mol. The van der Waals surface area contributed by atoms with E-state index in [-0.39, 0.29) is 6.04 Å². The third-order valence-corrected chi connectivity index (χ3v) is 1.95. The molecule has 0 bridgehead atoms. The minimum Gasteiger partial charge on any atom is -0.391 e. The summed E-state index contributed by atoms with van der Waals surface area (Å²) in [6.07, 6.45) is -2.83. The quantitative estimate of drug-likeness (QED) is 0.666. The maximum absolute atomic E-state index is 11.6. The van der Waals surface area contributed by atoms with Gasteiger partial charge in [-0.25, -0.2) is 0 Å². The SMILES string of the molecule is O[C@H]1CCC[C@@H]1NOCC(F)(F)F. The zero-order valence-corrected chi connectivity index (χ0v) is 6.97. The van der Waals surface area contributed by atoms with Crippen molar-refractivity contribution < 1.29 is 23.1 Å². The number of rotatable bonds is 3. The van der Waals surface area contributed by atoms with Crippen molar-refractivity contribution in [3.63, 3.8) is 0 Å². The van der Waals surface area contributed by atoms with Gasteiger partial charge in [0, 0.05) is 0 Å². The van der Waals surface area contributed by atoms with Crippen LogP contribution >= 0.6 is 0 Å². The fourth-order valence-electron chi connectivity index (χ4n) is 1.31. The van der Waals surface area contributed by atoms with Crippen LogP contribution in [0.3, 0.4) is 0 Å². The molecule has 0 aromatic carbocycles. The van der Waals surface area contributed by atoms with Gasteiger partial charge in [-0.15, -0.1) is 0 Å². The molecule has 0 saturated heterocycles. The van der Waals surface area contributed by atoms with Crippen LogP contribution in [0.25, 0.3) is 0 Å². The second-order valence-electron chi connectivity index (χ2n) is 3.13. The van der Waals surface area contributed by atoms with E-state index in [0.29, 0.717) is 12.8 Å². The van der Waals surface area contributed by atoms with Crippen LogP contribution in [-0.2, 0) is 4.84 Å². The van der Waals surface area contributed by atoms with Crippen molar-refractivity contribution in [3.8, 4) is 0 Å². The summed E-state index contributed by atoms with van der Waals surface area (Å²) in [6.45, 7) is -1.32. The lowest BCUT2D eigenvalue weighted by atomic mass is 10.2. The lowest BCUT2D eigenvalue weighted by Crippen LogP contribution is -2.37. The highest BCUT2D eigenvalue weighted by Gasteiger charge is 2.30. The Labute approximate surface area is 73.8 Å². The van der Waals surface area contributed by atoms with Crippen LogP contribution in [0.1, 0.15) is 19.3 Å². The molecule has 1 rings (SSSR count). The molecule has 13 heavy (non-hydrogen) atoms. The maximum atomic E-state index is 11.6. The van der Waals surface area contributed by atoms with Gasteiger partial charge in [0.2, 0.25) is 0 Å². The highest BCUT2D eigenvalue weighted by atomic mass is 19.4. The molecule has 0 unspecified atom stereocenters. The minimum absolute atomic E-state index is 0.359. The first kappa shape index (κ1) is 10.7. The van der Waals surface area contributed by atoms with Gasteiger partial charge in [0.05, 0.1) is 12.1 Å². The van der Waals surface area contributed by atoms with Crippen molar-refractivity contribution >= 4 is 0 Å². The van der Waals surface area contributed by atoms with Crippen LogP contribution in [0.15, 0.2) is 0 Å². The lowest BCUT2D eigenvalue weighted by Gasteiger charge is -2.16. The van der Waals surface area contributed by atoms with Gasteiger partial charge in [-0.05, 0) is 19.3 Å². The van der Waals surface area contributed by atoms with E-state index in [4.69, 9.17) is 0 Å². The van der Waals surface area contributed by atoms with Crippen LogP contribution < -0.4 is 5.48 Å². The Morgan fingerprint density at radius 3 is 2.54 bits per heavy atom. The van der Waals surface area contributed by atoms with Crippen molar-refractivity contribution in [1.82, 2.24) is 5.48 Å². The smallest absolute Gasteiger partial charge is 0.391 e. The Morgan fingerprint density at radius 1 is 1.38 bits per heavy atom. The first-order chi connectivity index (χ1) is 5.99. The Kier molecular flexibility index (Phi) is 3.52. The number of hydrogen-bond donors (Lipinski definition) is 2. The molecule has 1 saturated carbocycles. The largest absolute Gasteiger partial charge is 0.413 e. The number of hydrogen-bond acceptors (Lipinski definition) is 3. The predicted molar refractivity (Wildman–Crippen MR) is 38.8 cm³/mol. The third kappa shape index (κ3) is 3.93. The summed E-state index contributed by atoms with van der Waals surface area (Å²) >= 11 is 0. The van der Waals surface area contributed by atoms with Crippen LogP contribution in [0.5, 0.6) is 0 Å². The van der Waals surface area contributed by atoms with E-state index in [1.54, 1.807) is 0 Å². The number of hydroxylamine groups is 1. The molecule has 6 heteroatoms. The normalized spacial score (nSPS) is 29.5. The van der Waals surface area contributed by atoms with Crippen molar-refractivity contribution in [3.05, 3.63) is 0 Å². The summed E-state index contributed by atoms with van der Waals surface area (Å²) in [7, 11) is 0. The summed E-state index contributed by atoms with van der Waals surface area (Å²) in [4.78, 5) is 4.22. The van der Waals surface area contributed by atoms with E-state index in [9.17, 15) is 18.3 Å². The minimum atomic E-state index is -4.32. The van der Waals surface area contributed by atoms with E-state index in [2.05, 4.69) is 10.3 Å². The Bertz CT molecular complexity index is 162. The summed E-state index contributed by atoms with van der Waals surface area (Å²) in [5, 5.41) is 9.19. The summed E-state index contributed by atoms with van der Waals surface area (Å²) < 4.78 is 34.8. The predicted octanol–water partition coefficient (Wildman–Crippen LogP) is 0.983. The average Bonchev–Trinajstić information content (AvgIpc) is 2.34. The standard InChI is InChI=1S/C7H12F3NO2/c8-7(9,10)4-13-11-5-2-1-3-6(5)12/h5-6,11-12H,1-4H2/t5-,6-/m0/s1. The number of alkyl halides is 3. The van der Waals surface area contributed by atoms with Crippen LogP contribution in [0.2, 0.25) is 0 Å². The van der Waals surface area contributed by atoms with Gasteiger partial charge in [0.15, 0.2) is 6.61 Å². The summed E-state index contributed by atoms with van der Waals surface area (Å²) in [5.41, 5.74) is 2.22.